The third-order valence-electron chi connectivity index (χ3n) is 5.22. The van der Waals surface area contributed by atoms with Crippen LogP contribution in [0.4, 0.5) is 5.95 Å². The molecule has 0 radical (unpaired) electrons. The van der Waals surface area contributed by atoms with E-state index < -0.39 is 0 Å². The monoisotopic (exact) mass is 342 g/mol. The van der Waals surface area contributed by atoms with Crippen molar-refractivity contribution < 1.29 is 4.79 Å². The maximum Gasteiger partial charge on any atom is 0.263 e. The topological polar surface area (TPSA) is 49.3 Å². The molecule has 2 aliphatic rings. The molecule has 0 N–H and O–H groups in total. The Bertz CT molecular complexity index is 754. The van der Waals surface area contributed by atoms with E-state index in [1.807, 2.05) is 47.6 Å². The minimum Gasteiger partial charge on any atom is -0.347 e. The van der Waals surface area contributed by atoms with Crippen molar-refractivity contribution in [3.63, 3.8) is 0 Å². The zero-order chi connectivity index (χ0) is 16.7. The highest BCUT2D eigenvalue weighted by atomic mass is 32.1. The Morgan fingerprint density at radius 2 is 2.25 bits per heavy atom. The molecular weight excluding hydrogens is 320 g/mol. The zero-order valence-electron chi connectivity index (χ0n) is 14.2. The normalized spacial score (nSPS) is 22.7. The van der Waals surface area contributed by atoms with Gasteiger partial charge in [0.1, 0.15) is 0 Å². The molecule has 1 aliphatic heterocycles. The summed E-state index contributed by atoms with van der Waals surface area (Å²) >= 11 is 1.52. The van der Waals surface area contributed by atoms with Crippen molar-refractivity contribution in [3.8, 4) is 0 Å². The average Bonchev–Trinajstić information content (AvgIpc) is 3.23. The lowest BCUT2D eigenvalue weighted by Gasteiger charge is -2.40. The summed E-state index contributed by atoms with van der Waals surface area (Å²) < 4.78 is 0. The third kappa shape index (κ3) is 2.49. The number of nitrogens with zero attached hydrogens (tertiary/aromatic N) is 4. The first-order chi connectivity index (χ1) is 11.6. The van der Waals surface area contributed by atoms with Crippen LogP contribution in [0.5, 0.6) is 0 Å². The van der Waals surface area contributed by atoms with Gasteiger partial charge in [-0.2, -0.15) is 0 Å². The second-order valence-corrected chi connectivity index (χ2v) is 7.97. The van der Waals surface area contributed by atoms with Gasteiger partial charge in [0.05, 0.1) is 10.6 Å². The summed E-state index contributed by atoms with van der Waals surface area (Å²) in [6, 6.07) is 3.86. The molecule has 1 spiro atoms. The van der Waals surface area contributed by atoms with Crippen molar-refractivity contribution in [2.45, 2.75) is 31.1 Å². The number of aryl methyl sites for hydroxylation is 1. The smallest absolute Gasteiger partial charge is 0.263 e. The first kappa shape index (κ1) is 15.6. The van der Waals surface area contributed by atoms with Crippen LogP contribution in [0.2, 0.25) is 0 Å². The van der Waals surface area contributed by atoms with Gasteiger partial charge in [-0.05, 0) is 42.7 Å². The lowest BCUT2D eigenvalue weighted by Crippen LogP contribution is -2.47. The molecule has 24 heavy (non-hydrogen) atoms. The first-order valence-electron chi connectivity index (χ1n) is 8.46. The summed E-state index contributed by atoms with van der Waals surface area (Å²) in [4.78, 5) is 26.9. The van der Waals surface area contributed by atoms with Gasteiger partial charge in [-0.15, -0.1) is 11.3 Å². The molecule has 1 fully saturated rings. The quantitative estimate of drug-likeness (QED) is 0.842. The summed E-state index contributed by atoms with van der Waals surface area (Å²) in [5.41, 5.74) is 2.43. The van der Waals surface area contributed by atoms with E-state index in [1.54, 1.807) is 0 Å². The highest BCUT2D eigenvalue weighted by molar-refractivity contribution is 7.12. The van der Waals surface area contributed by atoms with Crippen LogP contribution >= 0.6 is 11.3 Å². The van der Waals surface area contributed by atoms with Gasteiger partial charge >= 0.3 is 0 Å². The Balaban J connectivity index is 1.65. The number of hydrogen-bond acceptors (Lipinski definition) is 5. The van der Waals surface area contributed by atoms with Crippen LogP contribution in [0.1, 0.15) is 40.2 Å². The number of likely N-dealkylation sites (tertiary alicyclic amines) is 1. The Hall–Kier alpha value is -1.95. The van der Waals surface area contributed by atoms with Crippen molar-refractivity contribution in [1.29, 1.82) is 0 Å². The molecule has 126 valence electrons. The van der Waals surface area contributed by atoms with E-state index in [0.29, 0.717) is 0 Å². The van der Waals surface area contributed by atoms with Crippen LogP contribution < -0.4 is 4.90 Å². The second kappa shape index (κ2) is 5.84. The number of carbonyl (C=O) groups excluding carboxylic acids is 1. The fourth-order valence-corrected chi connectivity index (χ4v) is 4.70. The minimum atomic E-state index is 0.00814. The van der Waals surface area contributed by atoms with Crippen molar-refractivity contribution in [3.05, 3.63) is 39.8 Å². The fourth-order valence-electron chi connectivity index (χ4n) is 4.01. The van der Waals surface area contributed by atoms with Crippen LogP contribution in [0, 0.1) is 0 Å². The number of anilines is 1. The maximum absolute atomic E-state index is 12.8. The number of piperidine rings is 1. The molecule has 2 aromatic rings. The van der Waals surface area contributed by atoms with Gasteiger partial charge in [0.25, 0.3) is 5.91 Å². The highest BCUT2D eigenvalue weighted by Gasteiger charge is 2.45. The van der Waals surface area contributed by atoms with E-state index >= 15 is 0 Å². The molecule has 0 bridgehead atoms. The molecule has 2 aromatic heterocycles. The standard InChI is InChI=1S/C18H22N4OS/c1-21(2)17-19-11-13-6-8-18(15(13)20-17)7-4-9-22(12-18)16(23)14-5-3-10-24-14/h3,5,10-11H,4,6-9,12H2,1-2H3. The van der Waals surface area contributed by atoms with Crippen molar-refractivity contribution in [2.24, 2.45) is 0 Å². The van der Waals surface area contributed by atoms with Crippen LogP contribution in [0.15, 0.2) is 23.7 Å². The van der Waals surface area contributed by atoms with Gasteiger partial charge in [-0.25, -0.2) is 9.97 Å². The lowest BCUT2D eigenvalue weighted by atomic mass is 9.77. The van der Waals surface area contributed by atoms with E-state index in [2.05, 4.69) is 4.98 Å². The van der Waals surface area contributed by atoms with Gasteiger partial charge in [-0.1, -0.05) is 6.07 Å². The van der Waals surface area contributed by atoms with E-state index in [4.69, 9.17) is 4.98 Å². The molecule has 1 amide bonds. The molecule has 1 atom stereocenters. The maximum atomic E-state index is 12.8. The first-order valence-corrected chi connectivity index (χ1v) is 9.33. The van der Waals surface area contributed by atoms with Crippen LogP contribution in [0.25, 0.3) is 0 Å². The van der Waals surface area contributed by atoms with Crippen molar-refractivity contribution in [2.75, 3.05) is 32.1 Å². The molecule has 4 rings (SSSR count). The molecule has 6 heteroatoms. The number of thiophene rings is 1. The molecule has 0 saturated carbocycles. The van der Waals surface area contributed by atoms with Gasteiger partial charge in [-0.3, -0.25) is 4.79 Å². The summed E-state index contributed by atoms with van der Waals surface area (Å²) in [7, 11) is 3.94. The summed E-state index contributed by atoms with van der Waals surface area (Å²) in [6.45, 7) is 1.63. The zero-order valence-corrected chi connectivity index (χ0v) is 15.0. The van der Waals surface area contributed by atoms with Gasteiger partial charge in [0, 0.05) is 38.8 Å². The molecule has 1 unspecified atom stereocenters. The number of amides is 1. The Morgan fingerprint density at radius 3 is 3.00 bits per heavy atom. The van der Waals surface area contributed by atoms with Crippen molar-refractivity contribution in [1.82, 2.24) is 14.9 Å². The summed E-state index contributed by atoms with van der Waals surface area (Å²) in [5.74, 6) is 0.927. The molecule has 1 saturated heterocycles. The number of fused-ring (bicyclic) bond motifs is 2. The SMILES string of the molecule is CN(C)c1ncc2c(n1)C1(CCCN(C(=O)c3cccs3)C1)CC2. The summed E-state index contributed by atoms with van der Waals surface area (Å²) in [6.07, 6.45) is 6.22. The lowest BCUT2D eigenvalue weighted by molar-refractivity contribution is 0.0638. The van der Waals surface area contributed by atoms with Gasteiger partial charge in [0.2, 0.25) is 5.95 Å². The third-order valence-corrected chi connectivity index (χ3v) is 6.08. The van der Waals surface area contributed by atoms with E-state index in [0.717, 1.165) is 49.6 Å². The molecule has 3 heterocycles. The number of rotatable bonds is 2. The predicted molar refractivity (Wildman–Crippen MR) is 95.8 cm³/mol. The Labute approximate surface area is 146 Å². The molecule has 1 aliphatic carbocycles. The fraction of sp³-hybridized carbons (Fsp3) is 0.500. The molecule has 0 aromatic carbocycles. The van der Waals surface area contributed by atoms with Crippen LogP contribution in [-0.2, 0) is 11.8 Å². The average molecular weight is 342 g/mol. The highest BCUT2D eigenvalue weighted by Crippen LogP contribution is 2.44. The van der Waals surface area contributed by atoms with Crippen LogP contribution in [-0.4, -0.2) is 48.0 Å². The Kier molecular flexibility index (Phi) is 3.79. The number of aromatic nitrogens is 2. The number of carbonyl (C=O) groups is 1. The summed E-state index contributed by atoms with van der Waals surface area (Å²) in [5, 5.41) is 1.97. The number of hydrogen-bond donors (Lipinski definition) is 0. The van der Waals surface area contributed by atoms with E-state index in [1.165, 1.54) is 22.6 Å². The van der Waals surface area contributed by atoms with Crippen molar-refractivity contribution >= 4 is 23.2 Å². The van der Waals surface area contributed by atoms with E-state index in [9.17, 15) is 4.79 Å². The largest absolute Gasteiger partial charge is 0.347 e. The van der Waals surface area contributed by atoms with Crippen LogP contribution in [0.3, 0.4) is 0 Å². The van der Waals surface area contributed by atoms with Gasteiger partial charge in [0.15, 0.2) is 0 Å². The Morgan fingerprint density at radius 1 is 1.38 bits per heavy atom. The second-order valence-electron chi connectivity index (χ2n) is 7.03. The minimum absolute atomic E-state index is 0.00814. The van der Waals surface area contributed by atoms with Gasteiger partial charge < -0.3 is 9.80 Å². The van der Waals surface area contributed by atoms with E-state index in [-0.39, 0.29) is 11.3 Å². The molecule has 5 nitrogen and oxygen atoms in total. The molecular formula is C18H22N4OS. The predicted octanol–water partition coefficient (Wildman–Crippen LogP) is 2.72.